The van der Waals surface area contributed by atoms with Crippen molar-refractivity contribution in [1.82, 2.24) is 14.2 Å². The maximum atomic E-state index is 13.9. The Hall–Kier alpha value is -2.37. The van der Waals surface area contributed by atoms with Gasteiger partial charge in [0.2, 0.25) is 10.0 Å². The number of morpholine rings is 1. The second kappa shape index (κ2) is 13.3. The van der Waals surface area contributed by atoms with Crippen molar-refractivity contribution in [1.29, 1.82) is 0 Å². The summed E-state index contributed by atoms with van der Waals surface area (Å²) in [6.07, 6.45) is 2.29. The first-order valence-corrected chi connectivity index (χ1v) is 16.1. The Kier molecular flexibility index (Phi) is 10.1. The molecule has 1 fully saturated rings. The number of fused-ring (bicyclic) bond motifs is 1. The third-order valence-corrected chi connectivity index (χ3v) is 10.2. The molecular formula is C29H40N4O4S2. The molecule has 0 N–H and O–H groups in total. The van der Waals surface area contributed by atoms with Crippen molar-refractivity contribution < 1.29 is 17.9 Å². The van der Waals surface area contributed by atoms with E-state index in [0.29, 0.717) is 30.3 Å². The van der Waals surface area contributed by atoms with Gasteiger partial charge in [0.05, 0.1) is 28.3 Å². The molecule has 1 amide bonds. The minimum atomic E-state index is -3.61. The number of ether oxygens (including phenoxy) is 1. The van der Waals surface area contributed by atoms with Crippen LogP contribution in [0.25, 0.3) is 10.2 Å². The van der Waals surface area contributed by atoms with Gasteiger partial charge in [0.25, 0.3) is 5.91 Å². The van der Waals surface area contributed by atoms with Crippen molar-refractivity contribution in [3.63, 3.8) is 0 Å². The van der Waals surface area contributed by atoms with E-state index in [1.807, 2.05) is 20.8 Å². The Morgan fingerprint density at radius 3 is 2.23 bits per heavy atom. The van der Waals surface area contributed by atoms with Gasteiger partial charge in [0, 0.05) is 44.8 Å². The van der Waals surface area contributed by atoms with Gasteiger partial charge in [-0.2, -0.15) is 4.31 Å². The zero-order chi connectivity index (χ0) is 28.0. The zero-order valence-corrected chi connectivity index (χ0v) is 25.1. The minimum absolute atomic E-state index is 0.172. The van der Waals surface area contributed by atoms with Crippen molar-refractivity contribution in [3.8, 4) is 0 Å². The number of amides is 1. The van der Waals surface area contributed by atoms with Gasteiger partial charge in [0.1, 0.15) is 0 Å². The molecule has 0 aliphatic carbocycles. The summed E-state index contributed by atoms with van der Waals surface area (Å²) in [6.45, 7) is 13.7. The number of hydrogen-bond donors (Lipinski definition) is 0. The molecule has 2 heterocycles. The molecule has 1 aromatic heterocycles. The summed E-state index contributed by atoms with van der Waals surface area (Å²) in [5.41, 5.74) is 3.59. The van der Waals surface area contributed by atoms with Crippen molar-refractivity contribution in [2.24, 2.45) is 0 Å². The van der Waals surface area contributed by atoms with E-state index in [1.54, 1.807) is 29.2 Å². The van der Waals surface area contributed by atoms with E-state index < -0.39 is 10.0 Å². The highest BCUT2D eigenvalue weighted by Gasteiger charge is 2.26. The Bertz CT molecular complexity index is 1320. The Balaban J connectivity index is 1.60. The van der Waals surface area contributed by atoms with Crippen LogP contribution in [0.4, 0.5) is 5.13 Å². The predicted octanol–water partition coefficient (Wildman–Crippen LogP) is 5.09. The number of aryl methyl sites for hydroxylation is 2. The first-order chi connectivity index (χ1) is 18.8. The highest BCUT2D eigenvalue weighted by Crippen LogP contribution is 2.34. The fourth-order valence-corrected chi connectivity index (χ4v) is 7.61. The number of anilines is 1. The molecule has 1 aliphatic rings. The number of carbonyl (C=O) groups excluding carboxylic acids is 1. The molecule has 0 radical (unpaired) electrons. The highest BCUT2D eigenvalue weighted by atomic mass is 32.2. The molecule has 212 valence electrons. The number of sulfonamides is 1. The predicted molar refractivity (Wildman–Crippen MR) is 158 cm³/mol. The second-order valence-electron chi connectivity index (χ2n) is 10.1. The molecule has 0 atom stereocenters. The number of thiazole rings is 1. The molecular weight excluding hydrogens is 532 g/mol. The monoisotopic (exact) mass is 572 g/mol. The van der Waals surface area contributed by atoms with Crippen LogP contribution in [0.3, 0.4) is 0 Å². The molecule has 4 rings (SSSR count). The first-order valence-electron chi connectivity index (χ1n) is 13.8. The summed E-state index contributed by atoms with van der Waals surface area (Å²) in [4.78, 5) is 23.1. The number of rotatable bonds is 12. The number of hydrogen-bond acceptors (Lipinski definition) is 7. The van der Waals surface area contributed by atoms with Gasteiger partial charge in [-0.3, -0.25) is 14.6 Å². The van der Waals surface area contributed by atoms with Crippen LogP contribution in [0.15, 0.2) is 41.3 Å². The van der Waals surface area contributed by atoms with Crippen LogP contribution < -0.4 is 4.90 Å². The Morgan fingerprint density at radius 1 is 0.974 bits per heavy atom. The maximum Gasteiger partial charge on any atom is 0.260 e. The Labute approximate surface area is 236 Å². The molecule has 10 heteroatoms. The van der Waals surface area contributed by atoms with Crippen LogP contribution in [0.1, 0.15) is 54.6 Å². The van der Waals surface area contributed by atoms with Gasteiger partial charge in [-0.15, -0.1) is 0 Å². The molecule has 1 aliphatic heterocycles. The lowest BCUT2D eigenvalue weighted by molar-refractivity contribution is 0.0376. The van der Waals surface area contributed by atoms with Crippen molar-refractivity contribution >= 4 is 42.6 Å². The maximum absolute atomic E-state index is 13.9. The van der Waals surface area contributed by atoms with E-state index in [9.17, 15) is 13.2 Å². The fourth-order valence-electron chi connectivity index (χ4n) is 4.85. The quantitative estimate of drug-likeness (QED) is 0.301. The standard InChI is InChI=1S/C29H40N4O4S2/c1-5-14-32(15-6-2)39(35,36)25-12-10-24(11-13-25)28(34)33(17-7-16-31-18-20-37-21-19-31)29-30-26-22(3)8-9-23(4)27(26)38-29/h8-13H,5-7,14-21H2,1-4H3. The summed E-state index contributed by atoms with van der Waals surface area (Å²) < 4.78 is 34.5. The molecule has 0 saturated carbocycles. The fraction of sp³-hybridized carbons (Fsp3) is 0.517. The van der Waals surface area contributed by atoms with Gasteiger partial charge < -0.3 is 4.74 Å². The summed E-state index contributed by atoms with van der Waals surface area (Å²) in [5, 5.41) is 0.670. The minimum Gasteiger partial charge on any atom is -0.379 e. The number of carbonyl (C=O) groups is 1. The topological polar surface area (TPSA) is 83.1 Å². The lowest BCUT2D eigenvalue weighted by Crippen LogP contribution is -2.39. The van der Waals surface area contributed by atoms with Crippen molar-refractivity contribution in [2.45, 2.75) is 51.9 Å². The Morgan fingerprint density at radius 2 is 1.62 bits per heavy atom. The third kappa shape index (κ3) is 6.86. The van der Waals surface area contributed by atoms with Crippen LogP contribution in [0.2, 0.25) is 0 Å². The molecule has 0 unspecified atom stereocenters. The van der Waals surface area contributed by atoms with Crippen LogP contribution >= 0.6 is 11.3 Å². The third-order valence-electron chi connectivity index (χ3n) is 7.05. The van der Waals surface area contributed by atoms with Gasteiger partial charge in [-0.05, 0) is 68.5 Å². The smallest absolute Gasteiger partial charge is 0.260 e. The highest BCUT2D eigenvalue weighted by molar-refractivity contribution is 7.89. The van der Waals surface area contributed by atoms with E-state index in [1.165, 1.54) is 15.6 Å². The molecule has 1 saturated heterocycles. The second-order valence-corrected chi connectivity index (χ2v) is 13.0. The largest absolute Gasteiger partial charge is 0.379 e. The molecule has 2 aromatic carbocycles. The van der Waals surface area contributed by atoms with Crippen LogP contribution in [-0.4, -0.2) is 81.0 Å². The van der Waals surface area contributed by atoms with Crippen LogP contribution in [0.5, 0.6) is 0 Å². The van der Waals surface area contributed by atoms with Crippen molar-refractivity contribution in [3.05, 3.63) is 53.1 Å². The van der Waals surface area contributed by atoms with Gasteiger partial charge >= 0.3 is 0 Å². The van der Waals surface area contributed by atoms with Crippen LogP contribution in [0, 0.1) is 13.8 Å². The summed E-state index contributed by atoms with van der Waals surface area (Å²) in [5.74, 6) is -0.172. The zero-order valence-electron chi connectivity index (χ0n) is 23.5. The average Bonchev–Trinajstić information content (AvgIpc) is 3.40. The normalized spacial score (nSPS) is 14.8. The summed E-state index contributed by atoms with van der Waals surface area (Å²) in [6, 6.07) is 10.5. The molecule has 8 nitrogen and oxygen atoms in total. The lowest BCUT2D eigenvalue weighted by Gasteiger charge is -2.27. The number of benzene rings is 2. The van der Waals surface area contributed by atoms with Crippen molar-refractivity contribution in [2.75, 3.05) is 57.4 Å². The van der Waals surface area contributed by atoms with E-state index in [-0.39, 0.29) is 10.8 Å². The first kappa shape index (κ1) is 29.6. The van der Waals surface area contributed by atoms with E-state index in [2.05, 4.69) is 24.0 Å². The summed E-state index contributed by atoms with van der Waals surface area (Å²) >= 11 is 1.54. The van der Waals surface area contributed by atoms with Crippen LogP contribution in [-0.2, 0) is 14.8 Å². The molecule has 0 spiro atoms. The van der Waals surface area contributed by atoms with Gasteiger partial charge in [-0.1, -0.05) is 37.3 Å². The molecule has 3 aromatic rings. The lowest BCUT2D eigenvalue weighted by atomic mass is 10.1. The van der Waals surface area contributed by atoms with E-state index >= 15 is 0 Å². The SMILES string of the molecule is CCCN(CCC)S(=O)(=O)c1ccc(C(=O)N(CCCN2CCOCC2)c2nc3c(C)ccc(C)c3s2)cc1. The molecule has 39 heavy (non-hydrogen) atoms. The number of nitrogens with zero attached hydrogens (tertiary/aromatic N) is 4. The van der Waals surface area contributed by atoms with Gasteiger partial charge in [-0.25, -0.2) is 13.4 Å². The van der Waals surface area contributed by atoms with Gasteiger partial charge in [0.15, 0.2) is 5.13 Å². The summed E-state index contributed by atoms with van der Waals surface area (Å²) in [7, 11) is -3.61. The van der Waals surface area contributed by atoms with E-state index in [4.69, 9.17) is 9.72 Å². The number of aromatic nitrogens is 1. The van der Waals surface area contributed by atoms with E-state index in [0.717, 1.165) is 73.5 Å². The average molecular weight is 573 g/mol. The molecule has 0 bridgehead atoms.